The molecule has 0 saturated heterocycles. The van der Waals surface area contributed by atoms with Crippen LogP contribution in [0.2, 0.25) is 0 Å². The average molecular weight is 164 g/mol. The molecule has 0 spiro atoms. The Morgan fingerprint density at radius 3 is 2.60 bits per heavy atom. The molecule has 0 aromatic carbocycles. The van der Waals surface area contributed by atoms with Gasteiger partial charge in [0.15, 0.2) is 0 Å². The van der Waals surface area contributed by atoms with Crippen LogP contribution >= 0.6 is 0 Å². The Labute approximate surface area is 60.5 Å². The van der Waals surface area contributed by atoms with Crippen LogP contribution in [0.25, 0.3) is 0 Å². The summed E-state index contributed by atoms with van der Waals surface area (Å²) in [4.78, 5) is 0. The third-order valence-corrected chi connectivity index (χ3v) is 1.54. The zero-order chi connectivity index (χ0) is 8.04. The summed E-state index contributed by atoms with van der Waals surface area (Å²) in [6.45, 7) is -0.0350. The summed E-state index contributed by atoms with van der Waals surface area (Å²) in [5, 5.41) is 0. The molecule has 0 radical (unpaired) electrons. The first-order valence-electron chi connectivity index (χ1n) is 2.51. The molecule has 0 aromatic heterocycles. The molecule has 0 aromatic rings. The Hall–Kier alpha value is -0.570. The lowest BCUT2D eigenvalue weighted by molar-refractivity contribution is 0.248. The number of terminal acetylenes is 1. The van der Waals surface area contributed by atoms with Gasteiger partial charge in [-0.3, -0.25) is 4.18 Å². The van der Waals surface area contributed by atoms with E-state index in [9.17, 15) is 8.42 Å². The van der Waals surface area contributed by atoms with Crippen molar-refractivity contribution in [3.05, 3.63) is 0 Å². The lowest BCUT2D eigenvalue weighted by atomic mass is 10.5. The van der Waals surface area contributed by atoms with Crippen molar-refractivity contribution in [1.82, 2.24) is 0 Å². The first-order chi connectivity index (χ1) is 4.62. The van der Waals surface area contributed by atoms with E-state index in [1.54, 1.807) is 0 Å². The van der Waals surface area contributed by atoms with Crippen molar-refractivity contribution >= 4 is 10.4 Å². The summed E-state index contributed by atoms with van der Waals surface area (Å²) in [6, 6.07) is 0. The molecule has 5 heteroatoms. The molecule has 0 unspecified atom stereocenters. The molecular weight excluding hydrogens is 156 g/mol. The molecule has 0 amide bonds. The van der Waals surface area contributed by atoms with Gasteiger partial charge in [0.2, 0.25) is 0 Å². The maximum Gasteiger partial charge on any atom is 0.399 e. The van der Waals surface area contributed by atoms with E-state index in [0.717, 1.165) is 7.11 Å². The topological polar surface area (TPSA) is 52.6 Å². The van der Waals surface area contributed by atoms with E-state index in [4.69, 9.17) is 6.42 Å². The molecule has 0 heterocycles. The van der Waals surface area contributed by atoms with Crippen molar-refractivity contribution in [2.45, 2.75) is 6.42 Å². The summed E-state index contributed by atoms with van der Waals surface area (Å²) in [7, 11) is -2.77. The smallest absolute Gasteiger partial charge is 0.252 e. The van der Waals surface area contributed by atoms with Crippen molar-refractivity contribution in [3.8, 4) is 12.3 Å². The molecule has 0 aliphatic carbocycles. The third-order valence-electron chi connectivity index (χ3n) is 0.678. The van der Waals surface area contributed by atoms with Gasteiger partial charge in [0.25, 0.3) is 0 Å². The van der Waals surface area contributed by atoms with E-state index in [1.807, 2.05) is 0 Å². The van der Waals surface area contributed by atoms with Crippen LogP contribution in [0.1, 0.15) is 6.42 Å². The Morgan fingerprint density at radius 1 is 1.60 bits per heavy atom. The van der Waals surface area contributed by atoms with Crippen molar-refractivity contribution in [2.24, 2.45) is 0 Å². The molecule has 0 rings (SSSR count). The average Bonchev–Trinajstić information content (AvgIpc) is 1.89. The van der Waals surface area contributed by atoms with Crippen LogP contribution in [0.3, 0.4) is 0 Å². The molecule has 10 heavy (non-hydrogen) atoms. The van der Waals surface area contributed by atoms with Gasteiger partial charge in [-0.15, -0.1) is 12.3 Å². The first-order valence-corrected chi connectivity index (χ1v) is 3.84. The molecule has 0 atom stereocenters. The summed E-state index contributed by atoms with van der Waals surface area (Å²) in [5.74, 6) is 2.22. The fraction of sp³-hybridized carbons (Fsp3) is 0.600. The van der Waals surface area contributed by atoms with Gasteiger partial charge in [-0.25, -0.2) is 4.18 Å². The second-order valence-corrected chi connectivity index (χ2v) is 2.74. The second kappa shape index (κ2) is 4.28. The van der Waals surface area contributed by atoms with Crippen LogP contribution in [0.15, 0.2) is 0 Å². The SMILES string of the molecule is C#CCCOS(=O)(=O)OC. The van der Waals surface area contributed by atoms with Gasteiger partial charge < -0.3 is 0 Å². The van der Waals surface area contributed by atoms with Crippen molar-refractivity contribution in [1.29, 1.82) is 0 Å². The quantitative estimate of drug-likeness (QED) is 0.430. The van der Waals surface area contributed by atoms with Crippen molar-refractivity contribution in [2.75, 3.05) is 13.7 Å². The Kier molecular flexibility index (Phi) is 4.03. The van der Waals surface area contributed by atoms with Crippen molar-refractivity contribution < 1.29 is 16.8 Å². The standard InChI is InChI=1S/C5H8O4S/c1-3-4-5-9-10(6,7)8-2/h1H,4-5H2,2H3. The van der Waals surface area contributed by atoms with Crippen LogP contribution in [0.5, 0.6) is 0 Å². The lowest BCUT2D eigenvalue weighted by Gasteiger charge is -1.98. The third kappa shape index (κ3) is 4.32. The summed E-state index contributed by atoms with van der Waals surface area (Å²) in [5.41, 5.74) is 0. The minimum Gasteiger partial charge on any atom is -0.252 e. The predicted molar refractivity (Wildman–Crippen MR) is 35.3 cm³/mol. The minimum absolute atomic E-state index is 0.0350. The highest BCUT2D eigenvalue weighted by Crippen LogP contribution is 1.93. The predicted octanol–water partition coefficient (Wildman–Crippen LogP) is -0.0825. The monoisotopic (exact) mass is 164 g/mol. The van der Waals surface area contributed by atoms with Crippen LogP contribution in [0, 0.1) is 12.3 Å². The van der Waals surface area contributed by atoms with Gasteiger partial charge in [0.1, 0.15) is 0 Å². The number of hydrogen-bond donors (Lipinski definition) is 0. The summed E-state index contributed by atoms with van der Waals surface area (Å²) >= 11 is 0. The molecule has 0 aliphatic rings. The zero-order valence-electron chi connectivity index (χ0n) is 5.53. The number of hydrogen-bond acceptors (Lipinski definition) is 4. The molecule has 0 aliphatic heterocycles. The van der Waals surface area contributed by atoms with Gasteiger partial charge in [-0.1, -0.05) is 0 Å². The fourth-order valence-corrected chi connectivity index (χ4v) is 0.634. The number of rotatable bonds is 4. The highest BCUT2D eigenvalue weighted by Gasteiger charge is 2.06. The Balaban J connectivity index is 3.61. The fourth-order valence-electron chi connectivity index (χ4n) is 0.251. The van der Waals surface area contributed by atoms with Crippen LogP contribution in [0.4, 0.5) is 0 Å². The van der Waals surface area contributed by atoms with Gasteiger partial charge >= 0.3 is 10.4 Å². The van der Waals surface area contributed by atoms with Gasteiger partial charge in [-0.2, -0.15) is 8.42 Å². The molecule has 0 fully saturated rings. The van der Waals surface area contributed by atoms with E-state index < -0.39 is 10.4 Å². The Bertz CT molecular complexity index is 210. The molecule has 0 N–H and O–H groups in total. The van der Waals surface area contributed by atoms with E-state index in [2.05, 4.69) is 14.3 Å². The highest BCUT2D eigenvalue weighted by atomic mass is 32.3. The largest absolute Gasteiger partial charge is 0.399 e. The molecule has 58 valence electrons. The molecular formula is C5H8O4S. The maximum absolute atomic E-state index is 10.4. The molecule has 0 bridgehead atoms. The van der Waals surface area contributed by atoms with E-state index in [-0.39, 0.29) is 13.0 Å². The second-order valence-electron chi connectivity index (χ2n) is 1.35. The van der Waals surface area contributed by atoms with Crippen LogP contribution < -0.4 is 0 Å². The maximum atomic E-state index is 10.4. The normalized spacial score (nSPS) is 10.8. The summed E-state index contributed by atoms with van der Waals surface area (Å²) in [6.07, 6.45) is 5.09. The van der Waals surface area contributed by atoms with E-state index in [1.165, 1.54) is 0 Å². The zero-order valence-corrected chi connectivity index (χ0v) is 6.35. The highest BCUT2D eigenvalue weighted by molar-refractivity contribution is 7.81. The Morgan fingerprint density at radius 2 is 2.20 bits per heavy atom. The van der Waals surface area contributed by atoms with Gasteiger partial charge in [0, 0.05) is 6.42 Å². The van der Waals surface area contributed by atoms with Crippen LogP contribution in [-0.2, 0) is 18.8 Å². The van der Waals surface area contributed by atoms with Gasteiger partial charge in [-0.05, 0) is 0 Å². The molecule has 0 saturated carbocycles. The molecule has 4 nitrogen and oxygen atoms in total. The van der Waals surface area contributed by atoms with Crippen molar-refractivity contribution in [3.63, 3.8) is 0 Å². The lowest BCUT2D eigenvalue weighted by Crippen LogP contribution is -2.07. The van der Waals surface area contributed by atoms with Crippen LogP contribution in [-0.4, -0.2) is 22.1 Å². The minimum atomic E-state index is -3.79. The van der Waals surface area contributed by atoms with Gasteiger partial charge in [0.05, 0.1) is 13.7 Å². The van der Waals surface area contributed by atoms with E-state index >= 15 is 0 Å². The summed E-state index contributed by atoms with van der Waals surface area (Å²) < 4.78 is 28.9. The first kappa shape index (κ1) is 9.43. The van der Waals surface area contributed by atoms with E-state index in [0.29, 0.717) is 0 Å².